The molecule has 12 heteroatoms. The van der Waals surface area contributed by atoms with Gasteiger partial charge in [0.25, 0.3) is 5.91 Å². The number of hydrogen-bond acceptors (Lipinski definition) is 10. The number of fused-ring (bicyclic) bond motifs is 1. The first-order valence-corrected chi connectivity index (χ1v) is 9.46. The summed E-state index contributed by atoms with van der Waals surface area (Å²) in [5, 5.41) is 31.2. The van der Waals surface area contributed by atoms with E-state index in [0.29, 0.717) is 50.3 Å². The third-order valence-corrected chi connectivity index (χ3v) is 4.96. The number of furan rings is 1. The second-order valence-electron chi connectivity index (χ2n) is 6.77. The Morgan fingerprint density at radius 1 is 1.27 bits per heavy atom. The number of nitrogens with one attached hydrogen (secondary N) is 1. The summed E-state index contributed by atoms with van der Waals surface area (Å²) in [5.41, 5.74) is 1.03. The van der Waals surface area contributed by atoms with Gasteiger partial charge in [-0.1, -0.05) is 0 Å². The molecule has 158 valence electrons. The van der Waals surface area contributed by atoms with Crippen molar-refractivity contribution in [2.75, 3.05) is 49.5 Å². The van der Waals surface area contributed by atoms with Crippen molar-refractivity contribution < 1.29 is 23.9 Å². The molecule has 0 saturated carbocycles. The molecule has 0 radical (unpaired) electrons. The maximum Gasteiger partial charge on any atom is 0.323 e. The molecule has 1 aliphatic rings. The number of nitro groups is 1. The number of nitrogens with zero attached hydrogens (tertiary/aromatic N) is 5. The van der Waals surface area contributed by atoms with Crippen molar-refractivity contribution in [1.29, 1.82) is 0 Å². The van der Waals surface area contributed by atoms with Crippen LogP contribution in [0.2, 0.25) is 0 Å². The molecule has 30 heavy (non-hydrogen) atoms. The Kier molecular flexibility index (Phi) is 5.48. The normalized spacial score (nSPS) is 14.3. The number of carbonyl (C=O) groups excluding carboxylic acids is 1. The van der Waals surface area contributed by atoms with Gasteiger partial charge in [0.1, 0.15) is 5.69 Å². The molecule has 2 aromatic heterocycles. The fraction of sp³-hybridized carbons (Fsp3) is 0.389. The number of hydrogen-bond donors (Lipinski definition) is 2. The second-order valence-corrected chi connectivity index (χ2v) is 6.77. The molecule has 0 unspecified atom stereocenters. The minimum atomic E-state index is -0.530. The standard InChI is InChI=1S/C18H20N6O6/c25-9-2-4-19-12-11-13(15-16(21-30-20-15)17(12)24(27)28)22-5-7-23(8-6-22)18(26)14-3-1-10-29-14/h1,3,10-11,19,25H,2,4-9H2. The molecule has 1 amide bonds. The summed E-state index contributed by atoms with van der Waals surface area (Å²) in [5.74, 6) is 0.111. The van der Waals surface area contributed by atoms with E-state index in [1.54, 1.807) is 23.1 Å². The van der Waals surface area contributed by atoms with E-state index < -0.39 is 4.92 Å². The molecule has 0 aliphatic carbocycles. The van der Waals surface area contributed by atoms with Crippen LogP contribution in [0.4, 0.5) is 17.1 Å². The summed E-state index contributed by atoms with van der Waals surface area (Å²) in [6.45, 7) is 2.24. The van der Waals surface area contributed by atoms with Gasteiger partial charge in [-0.3, -0.25) is 14.9 Å². The molecule has 1 saturated heterocycles. The number of rotatable bonds is 7. The summed E-state index contributed by atoms with van der Waals surface area (Å²) in [6.07, 6.45) is 1.90. The Balaban J connectivity index is 1.59. The van der Waals surface area contributed by atoms with Gasteiger partial charge >= 0.3 is 5.69 Å². The van der Waals surface area contributed by atoms with Gasteiger partial charge in [-0.15, -0.1) is 0 Å². The minimum Gasteiger partial charge on any atom is -0.459 e. The first-order valence-electron chi connectivity index (χ1n) is 9.46. The fourth-order valence-electron chi connectivity index (χ4n) is 3.48. The van der Waals surface area contributed by atoms with Crippen LogP contribution in [-0.4, -0.2) is 70.5 Å². The predicted octanol–water partition coefficient (Wildman–Crippen LogP) is 1.48. The molecule has 0 atom stereocenters. The average Bonchev–Trinajstić information content (AvgIpc) is 3.45. The van der Waals surface area contributed by atoms with Gasteiger partial charge in [0.05, 0.1) is 16.9 Å². The molecule has 2 N–H and O–H groups in total. The van der Waals surface area contributed by atoms with Crippen molar-refractivity contribution in [2.24, 2.45) is 0 Å². The monoisotopic (exact) mass is 416 g/mol. The zero-order valence-electron chi connectivity index (χ0n) is 16.0. The van der Waals surface area contributed by atoms with Crippen LogP contribution in [0.25, 0.3) is 11.0 Å². The molecule has 0 spiro atoms. The Bertz CT molecular complexity index is 1040. The third-order valence-electron chi connectivity index (χ3n) is 4.96. The maximum absolute atomic E-state index is 12.5. The highest BCUT2D eigenvalue weighted by Gasteiger charge is 2.30. The van der Waals surface area contributed by atoms with Crippen molar-refractivity contribution in [3.63, 3.8) is 0 Å². The lowest BCUT2D eigenvalue weighted by Crippen LogP contribution is -2.48. The van der Waals surface area contributed by atoms with Crippen LogP contribution in [0.15, 0.2) is 33.5 Å². The number of aliphatic hydroxyl groups excluding tert-OH is 1. The molecule has 1 fully saturated rings. The van der Waals surface area contributed by atoms with Gasteiger partial charge in [0, 0.05) is 39.3 Å². The molecule has 0 bridgehead atoms. The minimum absolute atomic E-state index is 0.0347. The predicted molar refractivity (Wildman–Crippen MR) is 105 cm³/mol. The van der Waals surface area contributed by atoms with Gasteiger partial charge in [-0.25, -0.2) is 4.63 Å². The third kappa shape index (κ3) is 3.64. The highest BCUT2D eigenvalue weighted by atomic mass is 16.6. The number of benzene rings is 1. The highest BCUT2D eigenvalue weighted by molar-refractivity contribution is 6.00. The van der Waals surface area contributed by atoms with Crippen molar-refractivity contribution in [1.82, 2.24) is 15.2 Å². The lowest BCUT2D eigenvalue weighted by atomic mass is 10.1. The lowest BCUT2D eigenvalue weighted by molar-refractivity contribution is -0.382. The van der Waals surface area contributed by atoms with Crippen molar-refractivity contribution in [3.05, 3.63) is 40.3 Å². The largest absolute Gasteiger partial charge is 0.459 e. The Morgan fingerprint density at radius 2 is 2.03 bits per heavy atom. The number of aliphatic hydroxyl groups is 1. The van der Waals surface area contributed by atoms with Crippen LogP contribution in [0.5, 0.6) is 0 Å². The first-order chi connectivity index (χ1) is 14.6. The number of amides is 1. The van der Waals surface area contributed by atoms with Gasteiger partial charge in [0.15, 0.2) is 11.3 Å². The number of aromatic nitrogens is 2. The van der Waals surface area contributed by atoms with Crippen molar-refractivity contribution in [3.8, 4) is 0 Å². The quantitative estimate of drug-likeness (QED) is 0.329. The highest BCUT2D eigenvalue weighted by Crippen LogP contribution is 2.38. The lowest BCUT2D eigenvalue weighted by Gasteiger charge is -2.35. The molecule has 1 aromatic carbocycles. The molecular weight excluding hydrogens is 396 g/mol. The van der Waals surface area contributed by atoms with E-state index in [1.165, 1.54) is 6.26 Å². The molecule has 4 rings (SSSR count). The molecule has 3 aromatic rings. The van der Waals surface area contributed by atoms with E-state index in [9.17, 15) is 14.9 Å². The van der Waals surface area contributed by atoms with Crippen LogP contribution < -0.4 is 10.2 Å². The first kappa shape index (κ1) is 19.6. The van der Waals surface area contributed by atoms with E-state index in [2.05, 4.69) is 15.6 Å². The topological polar surface area (TPSA) is 151 Å². The summed E-state index contributed by atoms with van der Waals surface area (Å²) >= 11 is 0. The smallest absolute Gasteiger partial charge is 0.323 e. The molecule has 3 heterocycles. The van der Waals surface area contributed by atoms with Gasteiger partial charge in [0.2, 0.25) is 5.52 Å². The summed E-state index contributed by atoms with van der Waals surface area (Å²) in [6, 6.07) is 4.94. The Hall–Kier alpha value is -3.67. The van der Waals surface area contributed by atoms with Gasteiger partial charge in [-0.2, -0.15) is 0 Å². The maximum atomic E-state index is 12.5. The van der Waals surface area contributed by atoms with Crippen LogP contribution in [-0.2, 0) is 0 Å². The Morgan fingerprint density at radius 3 is 2.70 bits per heavy atom. The number of piperazine rings is 1. The van der Waals surface area contributed by atoms with Crippen LogP contribution in [0, 0.1) is 10.1 Å². The number of nitro benzene ring substituents is 1. The molecular formula is C18H20N6O6. The van der Waals surface area contributed by atoms with E-state index in [-0.39, 0.29) is 35.2 Å². The zero-order chi connectivity index (χ0) is 21.1. The van der Waals surface area contributed by atoms with E-state index in [4.69, 9.17) is 14.2 Å². The van der Waals surface area contributed by atoms with Crippen molar-refractivity contribution >= 4 is 34.0 Å². The van der Waals surface area contributed by atoms with E-state index in [0.717, 1.165) is 0 Å². The van der Waals surface area contributed by atoms with Crippen LogP contribution >= 0.6 is 0 Å². The number of carbonyl (C=O) groups is 1. The van der Waals surface area contributed by atoms with Crippen molar-refractivity contribution in [2.45, 2.75) is 6.42 Å². The van der Waals surface area contributed by atoms with Gasteiger partial charge < -0.3 is 24.6 Å². The molecule has 1 aliphatic heterocycles. The SMILES string of the molecule is O=C(c1ccco1)N1CCN(c2cc(NCCCO)c([N+](=O)[O-])c3nonc23)CC1. The zero-order valence-corrected chi connectivity index (χ0v) is 16.0. The molecule has 12 nitrogen and oxygen atoms in total. The van der Waals surface area contributed by atoms with E-state index >= 15 is 0 Å². The summed E-state index contributed by atoms with van der Waals surface area (Å²) in [4.78, 5) is 27.2. The summed E-state index contributed by atoms with van der Waals surface area (Å²) < 4.78 is 9.98. The Labute approximate surface area is 170 Å². The van der Waals surface area contributed by atoms with E-state index in [1.807, 2.05) is 4.90 Å². The fourth-order valence-corrected chi connectivity index (χ4v) is 3.48. The van der Waals surface area contributed by atoms with Crippen LogP contribution in [0.1, 0.15) is 17.0 Å². The van der Waals surface area contributed by atoms with Gasteiger partial charge in [-0.05, 0) is 34.9 Å². The number of anilines is 2. The average molecular weight is 416 g/mol. The second kappa shape index (κ2) is 8.37. The summed E-state index contributed by atoms with van der Waals surface area (Å²) in [7, 11) is 0. The van der Waals surface area contributed by atoms with Crippen LogP contribution in [0.3, 0.4) is 0 Å².